The van der Waals surface area contributed by atoms with Gasteiger partial charge in [0, 0.05) is 30.0 Å². The zero-order chi connectivity index (χ0) is 31.3. The van der Waals surface area contributed by atoms with Gasteiger partial charge in [-0.05, 0) is 68.3 Å². The number of aryl methyl sites for hydroxylation is 1. The first-order valence-electron chi connectivity index (χ1n) is 14.7. The zero-order valence-electron chi connectivity index (χ0n) is 25.6. The topological polar surface area (TPSA) is 112 Å². The number of ether oxygens (including phenoxy) is 1. The van der Waals surface area contributed by atoms with E-state index >= 15 is 0 Å². The normalized spacial score (nSPS) is 11.0. The Kier molecular flexibility index (Phi) is 8.37. The van der Waals surface area contributed by atoms with Crippen molar-refractivity contribution in [1.82, 2.24) is 29.3 Å². The van der Waals surface area contributed by atoms with Crippen LogP contribution in [-0.4, -0.2) is 42.3 Å². The highest BCUT2D eigenvalue weighted by atomic mass is 16.5. The van der Waals surface area contributed by atoms with Gasteiger partial charge >= 0.3 is 0 Å². The Bertz CT molecular complexity index is 1930. The zero-order valence-corrected chi connectivity index (χ0v) is 25.6. The number of rotatable bonds is 10. The Morgan fingerprint density at radius 2 is 1.73 bits per heavy atom. The van der Waals surface area contributed by atoms with Crippen LogP contribution in [0.3, 0.4) is 0 Å². The van der Waals surface area contributed by atoms with Crippen LogP contribution in [0.15, 0.2) is 104 Å². The third kappa shape index (κ3) is 6.45. The number of methoxy groups -OCH3 is 1. The van der Waals surface area contributed by atoms with Crippen molar-refractivity contribution in [3.63, 3.8) is 0 Å². The Balaban J connectivity index is 1.33. The molecule has 226 valence electrons. The molecule has 6 aromatic rings. The molecule has 45 heavy (non-hydrogen) atoms. The molecule has 0 saturated heterocycles. The molecule has 6 rings (SSSR count). The summed E-state index contributed by atoms with van der Waals surface area (Å²) in [4.78, 5) is 23.3. The molecule has 0 aliphatic heterocycles. The molecule has 0 spiro atoms. The quantitative estimate of drug-likeness (QED) is 0.175. The number of pyridine rings is 1. The fraction of sp³-hybridized carbons (Fsp3) is 0.171. The number of anilines is 2. The summed E-state index contributed by atoms with van der Waals surface area (Å²) in [6, 6.07) is 27.3. The van der Waals surface area contributed by atoms with Gasteiger partial charge in [0.2, 0.25) is 0 Å². The molecular formula is C35H34N8O2. The van der Waals surface area contributed by atoms with Crippen molar-refractivity contribution in [2.75, 3.05) is 17.7 Å². The first kappa shape index (κ1) is 29.3. The third-order valence-corrected chi connectivity index (χ3v) is 7.50. The summed E-state index contributed by atoms with van der Waals surface area (Å²) in [5.41, 5.74) is 6.52. The Labute approximate surface area is 261 Å². The highest BCUT2D eigenvalue weighted by molar-refractivity contribution is 6.08. The van der Waals surface area contributed by atoms with Crippen LogP contribution in [0.4, 0.5) is 11.5 Å². The lowest BCUT2D eigenvalue weighted by Gasteiger charge is -2.17. The van der Waals surface area contributed by atoms with E-state index in [2.05, 4.69) is 39.7 Å². The fourth-order valence-corrected chi connectivity index (χ4v) is 5.08. The van der Waals surface area contributed by atoms with E-state index in [4.69, 9.17) is 9.72 Å². The summed E-state index contributed by atoms with van der Waals surface area (Å²) in [6.45, 7) is 6.65. The molecule has 0 radical (unpaired) electrons. The molecule has 0 atom stereocenters. The molecule has 10 nitrogen and oxygen atoms in total. The van der Waals surface area contributed by atoms with Crippen LogP contribution < -0.4 is 15.4 Å². The first-order chi connectivity index (χ1) is 21.9. The van der Waals surface area contributed by atoms with Crippen molar-refractivity contribution in [2.45, 2.75) is 33.4 Å². The van der Waals surface area contributed by atoms with Crippen LogP contribution in [0.25, 0.3) is 28.5 Å². The molecule has 0 aliphatic rings. The maximum Gasteiger partial charge on any atom is 0.258 e. The predicted molar refractivity (Wildman–Crippen MR) is 176 cm³/mol. The van der Waals surface area contributed by atoms with Gasteiger partial charge in [-0.1, -0.05) is 48.5 Å². The number of carbonyl (C=O) groups is 1. The van der Waals surface area contributed by atoms with E-state index in [9.17, 15) is 4.79 Å². The van der Waals surface area contributed by atoms with Crippen LogP contribution in [0.1, 0.15) is 41.4 Å². The molecule has 0 aliphatic carbocycles. The number of benzene rings is 3. The van der Waals surface area contributed by atoms with Crippen molar-refractivity contribution in [2.24, 2.45) is 0 Å². The van der Waals surface area contributed by atoms with Gasteiger partial charge in [0.25, 0.3) is 5.91 Å². The maximum absolute atomic E-state index is 14.0. The lowest BCUT2D eigenvalue weighted by atomic mass is 10.1. The molecule has 1 amide bonds. The van der Waals surface area contributed by atoms with Gasteiger partial charge in [-0.25, -0.2) is 9.97 Å². The second kappa shape index (κ2) is 12.8. The van der Waals surface area contributed by atoms with E-state index in [0.29, 0.717) is 35.1 Å². The molecule has 0 fully saturated rings. The highest BCUT2D eigenvalue weighted by Gasteiger charge is 2.18. The summed E-state index contributed by atoms with van der Waals surface area (Å²) >= 11 is 0. The van der Waals surface area contributed by atoms with Crippen molar-refractivity contribution in [1.29, 1.82) is 0 Å². The van der Waals surface area contributed by atoms with E-state index in [1.54, 1.807) is 25.8 Å². The monoisotopic (exact) mass is 598 g/mol. The van der Waals surface area contributed by atoms with E-state index in [0.717, 1.165) is 33.8 Å². The first-order valence-corrected chi connectivity index (χ1v) is 14.7. The average Bonchev–Trinajstić information content (AvgIpc) is 3.76. The fourth-order valence-electron chi connectivity index (χ4n) is 5.08. The Hall–Kier alpha value is -5.77. The molecule has 0 unspecified atom stereocenters. The summed E-state index contributed by atoms with van der Waals surface area (Å²) in [5.74, 6) is 1.53. The van der Waals surface area contributed by atoms with E-state index < -0.39 is 0 Å². The lowest BCUT2D eigenvalue weighted by Crippen LogP contribution is -2.17. The minimum atomic E-state index is -0.299. The van der Waals surface area contributed by atoms with E-state index in [-0.39, 0.29) is 11.9 Å². The number of carbonyl (C=O) groups excluding carboxylic acids is 1. The predicted octanol–water partition coefficient (Wildman–Crippen LogP) is 6.96. The van der Waals surface area contributed by atoms with Gasteiger partial charge < -0.3 is 24.5 Å². The standard InChI is InChI=1S/C35H34N8O2/c1-23(2)43-22-38-41-34(43)29-11-8-12-33(39-29)40-35(44)28-18-32(42-20-31(37-21-42)26-9-6-5-7-10-26)24(3)17-30(28)36-19-25-13-15-27(45-4)16-14-25/h5-18,20-23,36H,19H2,1-4H3,(H,39,40,44). The minimum Gasteiger partial charge on any atom is -0.497 e. The number of amides is 1. The van der Waals surface area contributed by atoms with Crippen molar-refractivity contribution in [3.8, 4) is 34.2 Å². The molecule has 3 aromatic heterocycles. The third-order valence-electron chi connectivity index (χ3n) is 7.50. The van der Waals surface area contributed by atoms with Gasteiger partial charge in [0.1, 0.15) is 23.6 Å². The summed E-state index contributed by atoms with van der Waals surface area (Å²) < 4.78 is 9.18. The number of aromatic nitrogens is 6. The summed E-state index contributed by atoms with van der Waals surface area (Å²) in [7, 11) is 1.64. The molecule has 10 heteroatoms. The molecule has 0 saturated carbocycles. The van der Waals surface area contributed by atoms with Crippen molar-refractivity contribution in [3.05, 3.63) is 120 Å². The molecule has 0 bridgehead atoms. The van der Waals surface area contributed by atoms with Crippen LogP contribution >= 0.6 is 0 Å². The summed E-state index contributed by atoms with van der Waals surface area (Å²) in [5, 5.41) is 14.8. The van der Waals surface area contributed by atoms with Gasteiger partial charge in [-0.2, -0.15) is 0 Å². The molecule has 2 N–H and O–H groups in total. The Morgan fingerprint density at radius 3 is 2.49 bits per heavy atom. The number of nitrogens with one attached hydrogen (secondary N) is 2. The smallest absolute Gasteiger partial charge is 0.258 e. The van der Waals surface area contributed by atoms with Crippen LogP contribution in [0.2, 0.25) is 0 Å². The van der Waals surface area contributed by atoms with Crippen LogP contribution in [-0.2, 0) is 6.54 Å². The molecule has 3 heterocycles. The SMILES string of the molecule is COc1ccc(CNc2cc(C)c(-n3cnc(-c4ccccc4)c3)cc2C(=O)Nc2cccc(-c3nncn3C(C)C)n2)cc1. The maximum atomic E-state index is 14.0. The van der Waals surface area contributed by atoms with Crippen LogP contribution in [0, 0.1) is 6.92 Å². The number of nitrogens with zero attached hydrogens (tertiary/aromatic N) is 6. The van der Waals surface area contributed by atoms with Gasteiger partial charge in [-0.15, -0.1) is 10.2 Å². The number of hydrogen-bond acceptors (Lipinski definition) is 7. The summed E-state index contributed by atoms with van der Waals surface area (Å²) in [6.07, 6.45) is 5.42. The lowest BCUT2D eigenvalue weighted by molar-refractivity contribution is 0.102. The van der Waals surface area contributed by atoms with Crippen molar-refractivity contribution < 1.29 is 9.53 Å². The van der Waals surface area contributed by atoms with Gasteiger partial charge in [0.05, 0.1) is 30.4 Å². The number of imidazole rings is 1. The number of hydrogen-bond donors (Lipinski definition) is 2. The molecular weight excluding hydrogens is 564 g/mol. The second-order valence-corrected chi connectivity index (χ2v) is 10.9. The van der Waals surface area contributed by atoms with E-state index in [1.807, 2.05) is 101 Å². The van der Waals surface area contributed by atoms with Crippen molar-refractivity contribution >= 4 is 17.4 Å². The van der Waals surface area contributed by atoms with Gasteiger partial charge in [0.15, 0.2) is 5.82 Å². The minimum absolute atomic E-state index is 0.158. The van der Waals surface area contributed by atoms with Gasteiger partial charge in [-0.3, -0.25) is 4.79 Å². The largest absolute Gasteiger partial charge is 0.497 e. The van der Waals surface area contributed by atoms with Crippen LogP contribution in [0.5, 0.6) is 5.75 Å². The highest BCUT2D eigenvalue weighted by Crippen LogP contribution is 2.28. The molecule has 3 aromatic carbocycles. The average molecular weight is 599 g/mol. The Morgan fingerprint density at radius 1 is 0.933 bits per heavy atom. The van der Waals surface area contributed by atoms with E-state index in [1.165, 1.54) is 0 Å². The second-order valence-electron chi connectivity index (χ2n) is 10.9.